The smallest absolute Gasteiger partial charge is 0.154 e. The Morgan fingerprint density at radius 2 is 0.800 bits per heavy atom. The highest BCUT2D eigenvalue weighted by Crippen LogP contribution is 2.20. The molecular formula is C41H68O3S. The first-order valence-electron chi connectivity index (χ1n) is 17.2. The van der Waals surface area contributed by atoms with Gasteiger partial charge in [-0.2, -0.15) is 0 Å². The molecule has 0 aromatic rings. The zero-order valence-corrected chi connectivity index (χ0v) is 31.6. The normalized spacial score (nSPS) is 15.5. The number of rotatable bonds is 23. The first-order chi connectivity index (χ1) is 21.1. The maximum atomic E-state index is 12.5. The lowest BCUT2D eigenvalue weighted by Gasteiger charge is -2.15. The van der Waals surface area contributed by atoms with Crippen LogP contribution in [-0.2, 0) is 9.84 Å². The van der Waals surface area contributed by atoms with E-state index in [4.69, 9.17) is 5.11 Å². The molecule has 0 radical (unpaired) electrons. The lowest BCUT2D eigenvalue weighted by Crippen LogP contribution is -2.20. The first kappa shape index (κ1) is 42.8. The molecule has 0 aliphatic carbocycles. The van der Waals surface area contributed by atoms with Crippen molar-refractivity contribution in [1.82, 2.24) is 0 Å². The molecule has 0 aromatic heterocycles. The van der Waals surface area contributed by atoms with Crippen LogP contribution in [0.15, 0.2) is 93.2 Å². The van der Waals surface area contributed by atoms with Crippen LogP contribution in [0, 0.1) is 0 Å². The van der Waals surface area contributed by atoms with Crippen LogP contribution in [0.3, 0.4) is 0 Å². The molecule has 0 heterocycles. The van der Waals surface area contributed by atoms with Crippen molar-refractivity contribution in [1.29, 1.82) is 0 Å². The molecule has 0 rings (SSSR count). The van der Waals surface area contributed by atoms with Gasteiger partial charge in [0.25, 0.3) is 0 Å². The summed E-state index contributed by atoms with van der Waals surface area (Å²) in [5, 5.41) is 8.54. The molecule has 1 atom stereocenters. The van der Waals surface area contributed by atoms with Gasteiger partial charge in [-0.1, -0.05) is 93.2 Å². The molecule has 45 heavy (non-hydrogen) atoms. The summed E-state index contributed by atoms with van der Waals surface area (Å²) in [5.41, 5.74) is 10.6. The second-order valence-corrected chi connectivity index (χ2v) is 15.7. The Labute approximate surface area is 279 Å². The van der Waals surface area contributed by atoms with E-state index >= 15 is 0 Å². The van der Waals surface area contributed by atoms with E-state index in [9.17, 15) is 8.42 Å². The minimum absolute atomic E-state index is 0.0461. The average Bonchev–Trinajstić information content (AvgIpc) is 2.92. The average molecular weight is 641 g/mol. The third kappa shape index (κ3) is 24.7. The summed E-state index contributed by atoms with van der Waals surface area (Å²) >= 11 is 0. The largest absolute Gasteiger partial charge is 0.392 e. The third-order valence-electron chi connectivity index (χ3n) is 8.37. The van der Waals surface area contributed by atoms with Gasteiger partial charge in [0.1, 0.15) is 0 Å². The molecule has 0 bridgehead atoms. The summed E-state index contributed by atoms with van der Waals surface area (Å²) in [6.07, 6.45) is 32.3. The van der Waals surface area contributed by atoms with Crippen LogP contribution >= 0.6 is 0 Å². The monoisotopic (exact) mass is 640 g/mol. The van der Waals surface area contributed by atoms with Crippen LogP contribution in [0.5, 0.6) is 0 Å². The maximum absolute atomic E-state index is 12.5. The Balaban J connectivity index is 4.59. The van der Waals surface area contributed by atoms with Crippen molar-refractivity contribution < 1.29 is 13.5 Å². The van der Waals surface area contributed by atoms with Gasteiger partial charge in [0, 0.05) is 6.26 Å². The van der Waals surface area contributed by atoms with Gasteiger partial charge >= 0.3 is 0 Å². The fourth-order valence-electron chi connectivity index (χ4n) is 5.21. The van der Waals surface area contributed by atoms with Crippen LogP contribution in [0.1, 0.15) is 146 Å². The fraction of sp³-hybridized carbons (Fsp3) is 0.610. The van der Waals surface area contributed by atoms with Crippen LogP contribution in [-0.4, -0.2) is 31.6 Å². The van der Waals surface area contributed by atoms with Gasteiger partial charge in [-0.05, 0) is 146 Å². The topological polar surface area (TPSA) is 54.4 Å². The number of aliphatic hydroxyl groups excluding tert-OH is 1. The van der Waals surface area contributed by atoms with Crippen LogP contribution < -0.4 is 0 Å². The minimum atomic E-state index is -3.19. The number of hydrogen-bond acceptors (Lipinski definition) is 3. The summed E-state index contributed by atoms with van der Waals surface area (Å²) in [4.78, 5) is 0. The first-order valence-corrected chi connectivity index (χ1v) is 19.1. The van der Waals surface area contributed by atoms with Gasteiger partial charge in [0.2, 0.25) is 0 Å². The predicted molar refractivity (Wildman–Crippen MR) is 201 cm³/mol. The molecule has 0 amide bonds. The molecule has 0 spiro atoms. The van der Waals surface area contributed by atoms with Crippen molar-refractivity contribution in [2.24, 2.45) is 0 Å². The van der Waals surface area contributed by atoms with Crippen molar-refractivity contribution in [3.8, 4) is 0 Å². The zero-order chi connectivity index (χ0) is 34.3. The highest BCUT2D eigenvalue weighted by atomic mass is 32.2. The van der Waals surface area contributed by atoms with Gasteiger partial charge in [-0.25, -0.2) is 8.42 Å². The van der Waals surface area contributed by atoms with Gasteiger partial charge in [-0.3, -0.25) is 0 Å². The van der Waals surface area contributed by atoms with Gasteiger partial charge in [0.05, 0.1) is 11.9 Å². The van der Waals surface area contributed by atoms with Crippen molar-refractivity contribution in [3.05, 3.63) is 93.2 Å². The summed E-state index contributed by atoms with van der Waals surface area (Å²) < 4.78 is 25.0. The van der Waals surface area contributed by atoms with Gasteiger partial charge in [-0.15, -0.1) is 0 Å². The number of aliphatic hydroxyl groups is 1. The van der Waals surface area contributed by atoms with E-state index in [2.05, 4.69) is 84.9 Å². The summed E-state index contributed by atoms with van der Waals surface area (Å²) in [6, 6.07) is 0. The molecule has 0 aromatic carbocycles. The van der Waals surface area contributed by atoms with Gasteiger partial charge in [0.15, 0.2) is 9.84 Å². The zero-order valence-electron chi connectivity index (χ0n) is 30.8. The predicted octanol–water partition coefficient (Wildman–Crippen LogP) is 12.1. The number of allylic oxidation sites excluding steroid dienone is 14. The quantitative estimate of drug-likeness (QED) is 0.113. The van der Waals surface area contributed by atoms with Crippen LogP contribution in [0.4, 0.5) is 0 Å². The molecule has 1 unspecified atom stereocenters. The second kappa shape index (κ2) is 25.0. The summed E-state index contributed by atoms with van der Waals surface area (Å²) in [6.45, 7) is 19.4. The highest BCUT2D eigenvalue weighted by Gasteiger charge is 2.21. The van der Waals surface area contributed by atoms with Crippen LogP contribution in [0.2, 0.25) is 0 Å². The standard InChI is InChI=1S/C41H68O3S/c1-33(2)17-11-18-34(3)19-12-20-35(4)21-13-22-36(5)23-14-24-37(6)25-15-26-38(7)29-30-41(45(10,43)44)40(9)28-16-27-39(8)31-32-42/h17,19,21,23,25,28-29,31,41-42H,11-16,18,20,22,24,26-27,30,32H2,1-10H3/b34-19?,35-21?,36-23?,37-25?,38-29?,39-31+,40-28?. The van der Waals surface area contributed by atoms with Crippen molar-refractivity contribution in [2.75, 3.05) is 12.9 Å². The van der Waals surface area contributed by atoms with E-state index in [0.717, 1.165) is 81.8 Å². The van der Waals surface area contributed by atoms with E-state index < -0.39 is 15.1 Å². The summed E-state index contributed by atoms with van der Waals surface area (Å²) in [5.74, 6) is 0. The highest BCUT2D eigenvalue weighted by molar-refractivity contribution is 7.91. The molecule has 0 aliphatic rings. The van der Waals surface area contributed by atoms with E-state index in [0.29, 0.717) is 6.42 Å². The SMILES string of the molecule is CC(C)=CCCC(C)=CCCC(C)=CCCC(C)=CCCC(C)=CCCC(C)=CCC(C(C)=CCC/C(C)=C/CO)S(C)(=O)=O. The van der Waals surface area contributed by atoms with E-state index in [-0.39, 0.29) is 6.61 Å². The Bertz CT molecular complexity index is 1210. The molecule has 0 fully saturated rings. The Morgan fingerprint density at radius 1 is 0.489 bits per heavy atom. The molecule has 0 aliphatic heterocycles. The molecule has 0 saturated heterocycles. The van der Waals surface area contributed by atoms with Crippen molar-refractivity contribution in [3.63, 3.8) is 0 Å². The maximum Gasteiger partial charge on any atom is 0.154 e. The van der Waals surface area contributed by atoms with Gasteiger partial charge < -0.3 is 5.11 Å². The number of sulfone groups is 1. The number of hydrogen-bond donors (Lipinski definition) is 1. The van der Waals surface area contributed by atoms with Crippen LogP contribution in [0.25, 0.3) is 0 Å². The Hall–Kier alpha value is -2.17. The summed E-state index contributed by atoms with van der Waals surface area (Å²) in [7, 11) is -3.19. The van der Waals surface area contributed by atoms with Crippen molar-refractivity contribution in [2.45, 2.75) is 151 Å². The molecule has 4 heteroatoms. The fourth-order valence-corrected chi connectivity index (χ4v) is 6.42. The lowest BCUT2D eigenvalue weighted by molar-refractivity contribution is 0.341. The second-order valence-electron chi connectivity index (χ2n) is 13.5. The molecule has 3 nitrogen and oxygen atoms in total. The lowest BCUT2D eigenvalue weighted by atomic mass is 10.0. The Morgan fingerprint density at radius 3 is 1.13 bits per heavy atom. The molecule has 1 N–H and O–H groups in total. The third-order valence-corrected chi connectivity index (χ3v) is 9.96. The van der Waals surface area contributed by atoms with Crippen molar-refractivity contribution >= 4 is 9.84 Å². The molecule has 256 valence electrons. The molecular weight excluding hydrogens is 573 g/mol. The minimum Gasteiger partial charge on any atom is -0.392 e. The van der Waals surface area contributed by atoms with E-state index in [1.807, 2.05) is 19.9 Å². The van der Waals surface area contributed by atoms with E-state index in [1.54, 1.807) is 6.08 Å². The van der Waals surface area contributed by atoms with E-state index in [1.165, 1.54) is 46.1 Å². The molecule has 0 saturated carbocycles. The Kier molecular flexibility index (Phi) is 23.8.